The predicted octanol–water partition coefficient (Wildman–Crippen LogP) is 4.86. The Hall–Kier alpha value is -1.38. The molecular formula is C22H37NO5SSi. The molecule has 0 N–H and O–H groups in total. The molecule has 1 heterocycles. The second-order valence-corrected chi connectivity index (χ2v) is 17.5. The van der Waals surface area contributed by atoms with E-state index < -0.39 is 41.1 Å². The minimum absolute atomic E-state index is 0.0177. The number of likely N-dealkylation sites (tertiary alicyclic amines) is 1. The van der Waals surface area contributed by atoms with E-state index in [1.54, 1.807) is 56.0 Å². The van der Waals surface area contributed by atoms with Crippen LogP contribution in [0.1, 0.15) is 48.0 Å². The summed E-state index contributed by atoms with van der Waals surface area (Å²) in [5.74, 6) is 0. The van der Waals surface area contributed by atoms with Gasteiger partial charge in [-0.15, -0.1) is 0 Å². The summed E-state index contributed by atoms with van der Waals surface area (Å²) in [7, 11) is -5.74. The van der Waals surface area contributed by atoms with Crippen molar-refractivity contribution in [3.8, 4) is 0 Å². The van der Waals surface area contributed by atoms with Crippen LogP contribution in [0, 0.1) is 0 Å². The molecule has 8 heteroatoms. The average molecular weight is 456 g/mol. The van der Waals surface area contributed by atoms with Crippen molar-refractivity contribution in [1.82, 2.24) is 4.90 Å². The van der Waals surface area contributed by atoms with Gasteiger partial charge in [0.2, 0.25) is 0 Å². The summed E-state index contributed by atoms with van der Waals surface area (Å²) in [6.45, 7) is 16.6. The first kappa shape index (κ1) is 24.9. The molecule has 1 aliphatic heterocycles. The molecule has 0 radical (unpaired) electrons. The van der Waals surface area contributed by atoms with Crippen molar-refractivity contribution >= 4 is 24.2 Å². The molecule has 1 saturated heterocycles. The number of ether oxygens (including phenoxy) is 1. The van der Waals surface area contributed by atoms with Crippen molar-refractivity contribution in [2.45, 2.75) is 87.9 Å². The number of hydrogen-bond donors (Lipinski definition) is 0. The Morgan fingerprint density at radius 2 is 1.67 bits per heavy atom. The number of rotatable bonds is 5. The van der Waals surface area contributed by atoms with E-state index in [-0.39, 0.29) is 16.5 Å². The zero-order chi connectivity index (χ0) is 23.0. The van der Waals surface area contributed by atoms with Crippen LogP contribution in [-0.2, 0) is 19.0 Å². The molecule has 6 nitrogen and oxygen atoms in total. The molecule has 2 atom stereocenters. The highest BCUT2D eigenvalue weighted by molar-refractivity contribution is 7.92. The largest absolute Gasteiger partial charge is 0.444 e. The van der Waals surface area contributed by atoms with Crippen molar-refractivity contribution < 1.29 is 22.4 Å². The van der Waals surface area contributed by atoms with Gasteiger partial charge in [-0.05, 0) is 57.5 Å². The van der Waals surface area contributed by atoms with E-state index >= 15 is 0 Å². The molecule has 0 spiro atoms. The number of hydrogen-bond acceptors (Lipinski definition) is 5. The molecule has 1 aromatic carbocycles. The quantitative estimate of drug-likeness (QED) is 0.593. The van der Waals surface area contributed by atoms with E-state index in [2.05, 4.69) is 33.9 Å². The van der Waals surface area contributed by atoms with Gasteiger partial charge in [-0.25, -0.2) is 13.2 Å². The normalized spacial score (nSPS) is 21.0. The van der Waals surface area contributed by atoms with E-state index in [9.17, 15) is 13.2 Å². The van der Waals surface area contributed by atoms with Gasteiger partial charge in [0, 0.05) is 6.54 Å². The molecule has 2 rings (SSSR count). The molecule has 0 aromatic heterocycles. The van der Waals surface area contributed by atoms with Crippen LogP contribution in [0.25, 0.3) is 0 Å². The lowest BCUT2D eigenvalue weighted by atomic mass is 10.2. The lowest BCUT2D eigenvalue weighted by Crippen LogP contribution is -2.50. The third kappa shape index (κ3) is 5.65. The van der Waals surface area contributed by atoms with Crippen LogP contribution in [0.5, 0.6) is 0 Å². The zero-order valence-corrected chi connectivity index (χ0v) is 21.4. The third-order valence-corrected chi connectivity index (χ3v) is 12.8. The maximum absolute atomic E-state index is 13.4. The number of carbonyl (C=O) groups is 1. The molecule has 1 unspecified atom stereocenters. The smallest absolute Gasteiger partial charge is 0.410 e. The monoisotopic (exact) mass is 455 g/mol. The highest BCUT2D eigenvalue weighted by atomic mass is 32.2. The summed E-state index contributed by atoms with van der Waals surface area (Å²) in [4.78, 5) is 14.7. The fourth-order valence-electron chi connectivity index (χ4n) is 3.23. The van der Waals surface area contributed by atoms with Gasteiger partial charge in [0.15, 0.2) is 18.2 Å². The highest BCUT2D eigenvalue weighted by Gasteiger charge is 2.47. The molecule has 0 bridgehead atoms. The van der Waals surface area contributed by atoms with Gasteiger partial charge in [-0.2, -0.15) is 0 Å². The molecule has 1 amide bonds. The van der Waals surface area contributed by atoms with Gasteiger partial charge in [-0.3, -0.25) is 0 Å². The molecular weight excluding hydrogens is 418 g/mol. The van der Waals surface area contributed by atoms with Crippen molar-refractivity contribution in [2.24, 2.45) is 0 Å². The Bertz CT molecular complexity index is 841. The van der Waals surface area contributed by atoms with Gasteiger partial charge in [0.05, 0.1) is 22.8 Å². The van der Waals surface area contributed by atoms with Gasteiger partial charge in [0.25, 0.3) is 0 Å². The number of amides is 1. The Labute approximate surface area is 183 Å². The zero-order valence-electron chi connectivity index (χ0n) is 19.6. The fraction of sp³-hybridized carbons (Fsp3) is 0.682. The van der Waals surface area contributed by atoms with Gasteiger partial charge < -0.3 is 14.1 Å². The van der Waals surface area contributed by atoms with Gasteiger partial charge >= 0.3 is 6.09 Å². The summed E-state index contributed by atoms with van der Waals surface area (Å²) < 4.78 is 38.7. The van der Waals surface area contributed by atoms with E-state index in [4.69, 9.17) is 9.16 Å². The first-order valence-corrected chi connectivity index (χ1v) is 14.9. The van der Waals surface area contributed by atoms with Crippen molar-refractivity contribution in [3.05, 3.63) is 30.3 Å². The van der Waals surface area contributed by atoms with Crippen molar-refractivity contribution in [3.63, 3.8) is 0 Å². The Morgan fingerprint density at radius 1 is 1.10 bits per heavy atom. The highest BCUT2D eigenvalue weighted by Crippen LogP contribution is 2.38. The van der Waals surface area contributed by atoms with Crippen LogP contribution in [0.2, 0.25) is 18.1 Å². The number of benzene rings is 1. The summed E-state index contributed by atoms with van der Waals surface area (Å²) >= 11 is 0. The number of sulfone groups is 1. The van der Waals surface area contributed by atoms with Gasteiger partial charge in [-0.1, -0.05) is 39.0 Å². The Kier molecular flexibility index (Phi) is 7.16. The second kappa shape index (κ2) is 8.63. The summed E-state index contributed by atoms with van der Waals surface area (Å²) in [5, 5.41) is -0.743. The third-order valence-electron chi connectivity index (χ3n) is 6.00. The summed E-state index contributed by atoms with van der Waals surface area (Å²) in [6, 6.07) is 7.86. The van der Waals surface area contributed by atoms with Crippen LogP contribution >= 0.6 is 0 Å². The maximum Gasteiger partial charge on any atom is 0.410 e. The van der Waals surface area contributed by atoms with Crippen LogP contribution < -0.4 is 0 Å². The van der Waals surface area contributed by atoms with Gasteiger partial charge in [0.1, 0.15) is 5.60 Å². The number of carbonyl (C=O) groups excluding carboxylic acids is 1. The molecule has 1 aliphatic rings. The maximum atomic E-state index is 13.4. The number of nitrogens with zero attached hydrogens (tertiary/aromatic N) is 1. The van der Waals surface area contributed by atoms with Crippen LogP contribution in [0.15, 0.2) is 35.2 Å². The standard InChI is InChI=1S/C22H37NO5SSi/c1-21(2,3)28-20(24)23-15-14-19(29(25,26)17-12-10-9-11-13-17)18(23)16-27-30(7,8)22(4,5)6/h9-13,18-19H,14-16H2,1-8H3/t18-,19?/m1/s1. The van der Waals surface area contributed by atoms with E-state index in [0.717, 1.165) is 0 Å². The Morgan fingerprint density at radius 3 is 2.17 bits per heavy atom. The first-order valence-electron chi connectivity index (χ1n) is 10.5. The topological polar surface area (TPSA) is 72.9 Å². The van der Waals surface area contributed by atoms with E-state index in [1.165, 1.54) is 0 Å². The minimum atomic E-state index is -3.62. The average Bonchev–Trinajstić information content (AvgIpc) is 3.03. The molecule has 1 aromatic rings. The minimum Gasteiger partial charge on any atom is -0.444 e. The van der Waals surface area contributed by atoms with E-state index in [0.29, 0.717) is 13.0 Å². The van der Waals surface area contributed by atoms with Crippen molar-refractivity contribution in [2.75, 3.05) is 13.2 Å². The van der Waals surface area contributed by atoms with Crippen LogP contribution in [0.3, 0.4) is 0 Å². The summed E-state index contributed by atoms with van der Waals surface area (Å²) in [6.07, 6.45) is -0.126. The molecule has 0 saturated carbocycles. The van der Waals surface area contributed by atoms with Crippen LogP contribution in [0.4, 0.5) is 4.79 Å². The molecule has 0 aliphatic carbocycles. The lowest BCUT2D eigenvalue weighted by molar-refractivity contribution is 0.0183. The molecule has 30 heavy (non-hydrogen) atoms. The van der Waals surface area contributed by atoms with Crippen molar-refractivity contribution in [1.29, 1.82) is 0 Å². The predicted molar refractivity (Wildman–Crippen MR) is 122 cm³/mol. The molecule has 1 fully saturated rings. The van der Waals surface area contributed by atoms with Crippen LogP contribution in [-0.4, -0.2) is 57.8 Å². The first-order chi connectivity index (χ1) is 13.6. The fourth-order valence-corrected chi connectivity index (χ4v) is 6.19. The SMILES string of the molecule is CC(C)(C)OC(=O)N1CCC(S(=O)(=O)c2ccccc2)[C@H]1CO[Si](C)(C)C(C)(C)C. The van der Waals surface area contributed by atoms with E-state index in [1.807, 2.05) is 0 Å². The second-order valence-electron chi connectivity index (χ2n) is 10.5. The Balaban J connectivity index is 2.36. The summed E-state index contributed by atoms with van der Waals surface area (Å²) in [5.41, 5.74) is -0.654. The molecule has 170 valence electrons. The lowest BCUT2D eigenvalue weighted by Gasteiger charge is -2.38.